The molecule has 1 saturated heterocycles. The highest BCUT2D eigenvalue weighted by Gasteiger charge is 2.38. The molecule has 0 aromatic carbocycles. The van der Waals surface area contributed by atoms with Crippen molar-refractivity contribution in [3.8, 4) is 0 Å². The summed E-state index contributed by atoms with van der Waals surface area (Å²) >= 11 is 0. The highest BCUT2D eigenvalue weighted by molar-refractivity contribution is 5.90. The Balaban J connectivity index is 1.35. The van der Waals surface area contributed by atoms with Crippen molar-refractivity contribution in [2.45, 2.75) is 19.4 Å². The van der Waals surface area contributed by atoms with Crippen LogP contribution in [0.15, 0.2) is 35.1 Å². The fourth-order valence-corrected chi connectivity index (χ4v) is 4.65. The molecule has 0 aliphatic carbocycles. The van der Waals surface area contributed by atoms with Gasteiger partial charge in [0, 0.05) is 51.0 Å². The molecule has 0 spiro atoms. The lowest BCUT2D eigenvalue weighted by atomic mass is 9.99. The smallest absolute Gasteiger partial charge is 0.318 e. The number of amides is 1. The zero-order valence-corrected chi connectivity index (χ0v) is 18.6. The zero-order chi connectivity index (χ0) is 22.5. The Morgan fingerprint density at radius 3 is 2.85 bits per heavy atom. The minimum atomic E-state index is -0.439. The van der Waals surface area contributed by atoms with Gasteiger partial charge in [0.25, 0.3) is 0 Å². The van der Waals surface area contributed by atoms with Gasteiger partial charge < -0.3 is 24.1 Å². The number of nitrogens with one attached hydrogen (secondary N) is 1. The molecule has 1 N–H and O–H groups in total. The van der Waals surface area contributed by atoms with E-state index in [1.807, 2.05) is 40.7 Å². The van der Waals surface area contributed by atoms with Gasteiger partial charge in [-0.05, 0) is 31.7 Å². The van der Waals surface area contributed by atoms with Gasteiger partial charge in [-0.25, -0.2) is 9.50 Å². The lowest BCUT2D eigenvalue weighted by Gasteiger charge is -2.33. The molecule has 1 amide bonds. The van der Waals surface area contributed by atoms with Gasteiger partial charge in [-0.15, -0.1) is 5.10 Å². The number of hydrogen-bond acceptors (Lipinski definition) is 8. The van der Waals surface area contributed by atoms with E-state index in [4.69, 9.17) is 9.52 Å². The molecule has 33 heavy (non-hydrogen) atoms. The van der Waals surface area contributed by atoms with Gasteiger partial charge >= 0.3 is 17.8 Å². The van der Waals surface area contributed by atoms with Gasteiger partial charge in [-0.3, -0.25) is 4.79 Å². The van der Waals surface area contributed by atoms with E-state index in [1.165, 1.54) is 0 Å². The van der Waals surface area contributed by atoms with E-state index in [-0.39, 0.29) is 11.8 Å². The lowest BCUT2D eigenvalue weighted by Crippen LogP contribution is -2.44. The van der Waals surface area contributed by atoms with Crippen molar-refractivity contribution < 1.29 is 9.21 Å². The second-order valence-electron chi connectivity index (χ2n) is 8.69. The summed E-state index contributed by atoms with van der Waals surface area (Å²) in [5.41, 5.74) is 4.68. The summed E-state index contributed by atoms with van der Waals surface area (Å²) in [6, 6.07) is 5.98. The summed E-state index contributed by atoms with van der Waals surface area (Å²) < 4.78 is 7.68. The van der Waals surface area contributed by atoms with Crippen molar-refractivity contribution in [1.82, 2.24) is 39.6 Å². The summed E-state index contributed by atoms with van der Waals surface area (Å²) in [7, 11) is 2.08. The number of rotatable bonds is 3. The number of H-pyrrole nitrogens is 1. The van der Waals surface area contributed by atoms with Crippen LogP contribution in [-0.2, 0) is 6.42 Å². The molecule has 2 aliphatic rings. The van der Waals surface area contributed by atoms with Crippen LogP contribution in [0.4, 0.5) is 6.01 Å². The third kappa shape index (κ3) is 3.35. The van der Waals surface area contributed by atoms with Crippen molar-refractivity contribution in [1.29, 1.82) is 0 Å². The van der Waals surface area contributed by atoms with Crippen LogP contribution in [0, 0.1) is 6.92 Å². The Morgan fingerprint density at radius 1 is 1.18 bits per heavy atom. The molecule has 0 radical (unpaired) electrons. The highest BCUT2D eigenvalue weighted by atomic mass is 16.4. The number of imidazole rings is 1. The van der Waals surface area contributed by atoms with Crippen LogP contribution in [0.1, 0.15) is 39.4 Å². The number of carbonyl (C=O) groups excluding carboxylic acids is 1. The topological polar surface area (TPSA) is 112 Å². The molecule has 4 aromatic rings. The number of aryl methyl sites for hydroxylation is 1. The number of hydrogen-bond donors (Lipinski definition) is 1. The van der Waals surface area contributed by atoms with Crippen molar-refractivity contribution in [2.75, 3.05) is 44.7 Å². The molecule has 0 bridgehead atoms. The molecular formula is C22H25N9O2. The van der Waals surface area contributed by atoms with Crippen LogP contribution in [0.3, 0.4) is 0 Å². The Bertz CT molecular complexity index is 1310. The van der Waals surface area contributed by atoms with E-state index in [2.05, 4.69) is 32.1 Å². The van der Waals surface area contributed by atoms with Crippen molar-refractivity contribution in [3.05, 3.63) is 59.3 Å². The fraction of sp³-hybridized carbons (Fsp3) is 0.409. The second kappa shape index (κ2) is 7.69. The maximum absolute atomic E-state index is 13.6. The summed E-state index contributed by atoms with van der Waals surface area (Å²) in [4.78, 5) is 27.3. The number of pyridine rings is 1. The molecule has 11 nitrogen and oxygen atoms in total. The maximum Gasteiger partial charge on any atom is 0.318 e. The molecule has 1 fully saturated rings. The minimum Gasteiger partial charge on any atom is -0.399 e. The van der Waals surface area contributed by atoms with Crippen LogP contribution >= 0.6 is 0 Å². The molecule has 4 aromatic heterocycles. The van der Waals surface area contributed by atoms with Gasteiger partial charge in [0.05, 0.1) is 23.2 Å². The van der Waals surface area contributed by atoms with Gasteiger partial charge in [0.1, 0.15) is 6.04 Å². The standard InChI is InChI=1S/C22H25N9O2/c1-14-4-3-6-31-17(14)12-16(27-31)19-18-15(23-13-24-18)5-7-30(19)21(32)20-25-26-22(33-20)29-10-8-28(2)9-11-29/h3-4,6,12-13,19H,5,7-11H2,1-2H3,(H,23,24). The van der Waals surface area contributed by atoms with Crippen LogP contribution in [0.5, 0.6) is 0 Å². The molecule has 170 valence electrons. The molecule has 11 heteroatoms. The summed E-state index contributed by atoms with van der Waals surface area (Å²) in [6.45, 7) is 5.94. The predicted octanol–water partition coefficient (Wildman–Crippen LogP) is 1.29. The molecule has 1 atom stereocenters. The Hall–Kier alpha value is -3.73. The maximum atomic E-state index is 13.6. The van der Waals surface area contributed by atoms with Gasteiger partial charge in [0.2, 0.25) is 0 Å². The quantitative estimate of drug-likeness (QED) is 0.500. The summed E-state index contributed by atoms with van der Waals surface area (Å²) in [6.07, 6.45) is 4.25. The first-order chi connectivity index (χ1) is 16.1. The SMILES string of the molecule is Cc1cccn2nc(C3c4nc[nH]c4CCN3C(=O)c3nnc(N4CCN(C)CC4)o3)cc12. The highest BCUT2D eigenvalue weighted by Crippen LogP contribution is 2.34. The summed E-state index contributed by atoms with van der Waals surface area (Å²) in [5, 5.41) is 13.0. The van der Waals surface area contributed by atoms with Crippen molar-refractivity contribution >= 4 is 17.4 Å². The summed E-state index contributed by atoms with van der Waals surface area (Å²) in [5.74, 6) is -0.317. The Kier molecular flexibility index (Phi) is 4.64. The Morgan fingerprint density at radius 2 is 2.03 bits per heavy atom. The van der Waals surface area contributed by atoms with Gasteiger partial charge in [-0.1, -0.05) is 11.2 Å². The zero-order valence-electron chi connectivity index (χ0n) is 18.6. The predicted molar refractivity (Wildman–Crippen MR) is 119 cm³/mol. The third-order valence-electron chi connectivity index (χ3n) is 6.57. The molecule has 6 heterocycles. The average Bonchev–Trinajstić information content (AvgIpc) is 3.57. The number of likely N-dealkylation sites (N-methyl/N-ethyl adjacent to an activating group) is 1. The third-order valence-corrected chi connectivity index (χ3v) is 6.57. The second-order valence-corrected chi connectivity index (χ2v) is 8.69. The molecule has 1 unspecified atom stereocenters. The van der Waals surface area contributed by atoms with E-state index in [9.17, 15) is 4.79 Å². The normalized spacial score (nSPS) is 19.3. The van der Waals surface area contributed by atoms with Crippen molar-refractivity contribution in [3.63, 3.8) is 0 Å². The van der Waals surface area contributed by atoms with Crippen LogP contribution in [0.25, 0.3) is 5.52 Å². The van der Waals surface area contributed by atoms with E-state index < -0.39 is 6.04 Å². The van der Waals surface area contributed by atoms with Crippen LogP contribution < -0.4 is 4.90 Å². The number of nitrogens with zero attached hydrogens (tertiary/aromatic N) is 8. The van der Waals surface area contributed by atoms with Gasteiger partial charge in [-0.2, -0.15) is 5.10 Å². The average molecular weight is 448 g/mol. The lowest BCUT2D eigenvalue weighted by molar-refractivity contribution is 0.0646. The van der Waals surface area contributed by atoms with E-state index in [0.717, 1.165) is 54.3 Å². The number of fused-ring (bicyclic) bond motifs is 2. The first kappa shape index (κ1) is 19.9. The van der Waals surface area contributed by atoms with E-state index >= 15 is 0 Å². The largest absolute Gasteiger partial charge is 0.399 e. The molecule has 6 rings (SSSR count). The number of anilines is 1. The van der Waals surface area contributed by atoms with Gasteiger partial charge in [0.15, 0.2) is 0 Å². The van der Waals surface area contributed by atoms with Crippen LogP contribution in [-0.4, -0.2) is 85.3 Å². The molecule has 2 aliphatic heterocycles. The number of carbonyl (C=O) groups is 1. The number of piperazine rings is 1. The molecule has 0 saturated carbocycles. The van der Waals surface area contributed by atoms with E-state index in [1.54, 1.807) is 11.2 Å². The first-order valence-electron chi connectivity index (χ1n) is 11.1. The first-order valence-corrected chi connectivity index (χ1v) is 11.1. The van der Waals surface area contributed by atoms with E-state index in [0.29, 0.717) is 19.0 Å². The van der Waals surface area contributed by atoms with Crippen molar-refractivity contribution in [2.24, 2.45) is 0 Å². The number of aromatic amines is 1. The number of aromatic nitrogens is 6. The molecular weight excluding hydrogens is 422 g/mol. The van der Waals surface area contributed by atoms with Crippen LogP contribution in [0.2, 0.25) is 0 Å². The monoisotopic (exact) mass is 447 g/mol. The minimum absolute atomic E-state index is 0.00661. The fourth-order valence-electron chi connectivity index (χ4n) is 4.65. The Labute approximate surface area is 190 Å².